The van der Waals surface area contributed by atoms with Gasteiger partial charge >= 0.3 is 0 Å². The zero-order chi connectivity index (χ0) is 20.8. The maximum absolute atomic E-state index is 13.4. The molecule has 1 amide bonds. The van der Waals surface area contributed by atoms with Crippen LogP contribution in [0.2, 0.25) is 0 Å². The van der Waals surface area contributed by atoms with E-state index in [0.29, 0.717) is 6.54 Å². The lowest BCUT2D eigenvalue weighted by atomic mass is 9.87. The average Bonchev–Trinajstić information content (AvgIpc) is 2.73. The molecule has 0 radical (unpaired) electrons. The van der Waals surface area contributed by atoms with Gasteiger partial charge in [-0.05, 0) is 54.8 Å². The summed E-state index contributed by atoms with van der Waals surface area (Å²) in [5.74, 6) is -0.358. The lowest BCUT2D eigenvalue weighted by Gasteiger charge is -2.36. The van der Waals surface area contributed by atoms with Gasteiger partial charge in [0.2, 0.25) is 5.91 Å². The molecule has 2 aromatic rings. The molecule has 0 saturated carbocycles. The maximum atomic E-state index is 13.4. The Morgan fingerprint density at radius 2 is 1.62 bits per heavy atom. The fourth-order valence-electron chi connectivity index (χ4n) is 3.97. The summed E-state index contributed by atoms with van der Waals surface area (Å²) in [7, 11) is 3.57. The van der Waals surface area contributed by atoms with Crippen molar-refractivity contribution in [3.05, 3.63) is 71.3 Å². The Bertz CT molecular complexity index is 747. The number of rotatable bonds is 7. The van der Waals surface area contributed by atoms with Crippen LogP contribution in [0.4, 0.5) is 8.78 Å². The minimum absolute atomic E-state index is 0.0575. The van der Waals surface area contributed by atoms with Crippen LogP contribution in [0.1, 0.15) is 29.9 Å². The van der Waals surface area contributed by atoms with E-state index in [0.717, 1.165) is 43.6 Å². The summed E-state index contributed by atoms with van der Waals surface area (Å²) in [4.78, 5) is 16.4. The molecule has 1 aliphatic rings. The van der Waals surface area contributed by atoms with Crippen molar-refractivity contribution in [2.24, 2.45) is 0 Å². The quantitative estimate of drug-likeness (QED) is 0.774. The summed E-state index contributed by atoms with van der Waals surface area (Å²) >= 11 is 0. The maximum Gasteiger partial charge on any atom is 0.240 e. The van der Waals surface area contributed by atoms with E-state index in [-0.39, 0.29) is 29.5 Å². The van der Waals surface area contributed by atoms with Gasteiger partial charge in [0.1, 0.15) is 17.7 Å². The number of likely N-dealkylation sites (N-methyl/N-ethyl adjacent to an activating group) is 1. The zero-order valence-corrected chi connectivity index (χ0v) is 17.1. The van der Waals surface area contributed by atoms with Crippen LogP contribution in [0.3, 0.4) is 0 Å². The van der Waals surface area contributed by atoms with Gasteiger partial charge in [-0.2, -0.15) is 0 Å². The highest BCUT2D eigenvalue weighted by atomic mass is 19.1. The fourth-order valence-corrected chi connectivity index (χ4v) is 3.97. The molecular formula is C23H29F2N3O. The van der Waals surface area contributed by atoms with Crippen molar-refractivity contribution in [1.29, 1.82) is 0 Å². The molecule has 156 valence electrons. The number of amides is 1. The molecule has 4 nitrogen and oxygen atoms in total. The van der Waals surface area contributed by atoms with Crippen LogP contribution in [-0.2, 0) is 4.79 Å². The molecule has 1 saturated heterocycles. The van der Waals surface area contributed by atoms with Crippen LogP contribution in [0, 0.1) is 11.6 Å². The number of hydrogen-bond donors (Lipinski definition) is 1. The number of carbonyl (C=O) groups excluding carboxylic acids is 1. The van der Waals surface area contributed by atoms with Crippen molar-refractivity contribution in [1.82, 2.24) is 15.1 Å². The number of piperazine rings is 1. The van der Waals surface area contributed by atoms with E-state index in [9.17, 15) is 13.6 Å². The normalized spacial score (nSPS) is 17.5. The molecule has 0 spiro atoms. The minimum atomic E-state index is -0.266. The van der Waals surface area contributed by atoms with Crippen molar-refractivity contribution in [2.45, 2.75) is 24.8 Å². The first-order valence-electron chi connectivity index (χ1n) is 10.1. The molecular weight excluding hydrogens is 372 g/mol. The predicted molar refractivity (Wildman–Crippen MR) is 111 cm³/mol. The van der Waals surface area contributed by atoms with E-state index in [1.165, 1.54) is 24.3 Å². The third-order valence-corrected chi connectivity index (χ3v) is 5.56. The Kier molecular flexibility index (Phi) is 7.34. The van der Waals surface area contributed by atoms with Gasteiger partial charge in [0.25, 0.3) is 0 Å². The Labute approximate surface area is 171 Å². The third kappa shape index (κ3) is 5.61. The standard InChI is InChI=1S/C23H29F2N3O/c1-27(2)23(29)22-16-26-13-15-28(22)14-3-4-21(17-5-9-19(24)10-6-17)18-7-11-20(25)12-8-18/h5-12,21-22,26H,3-4,13-16H2,1-2H3. The molecule has 3 rings (SSSR count). The van der Waals surface area contributed by atoms with E-state index in [2.05, 4.69) is 10.2 Å². The number of benzene rings is 2. The van der Waals surface area contributed by atoms with Crippen LogP contribution in [-0.4, -0.2) is 62.0 Å². The summed E-state index contributed by atoms with van der Waals surface area (Å²) in [6.07, 6.45) is 1.72. The largest absolute Gasteiger partial charge is 0.347 e. The van der Waals surface area contributed by atoms with Crippen molar-refractivity contribution in [2.75, 3.05) is 40.3 Å². The lowest BCUT2D eigenvalue weighted by molar-refractivity contribution is -0.135. The van der Waals surface area contributed by atoms with Gasteiger partial charge in [-0.15, -0.1) is 0 Å². The molecule has 1 atom stereocenters. The van der Waals surface area contributed by atoms with Gasteiger partial charge in [-0.25, -0.2) is 8.78 Å². The second-order valence-corrected chi connectivity index (χ2v) is 7.79. The third-order valence-electron chi connectivity index (χ3n) is 5.56. The molecule has 1 fully saturated rings. The molecule has 6 heteroatoms. The van der Waals surface area contributed by atoms with Gasteiger partial charge in [0.15, 0.2) is 0 Å². The summed E-state index contributed by atoms with van der Waals surface area (Å²) in [6, 6.07) is 12.9. The van der Waals surface area contributed by atoms with Crippen LogP contribution in [0.5, 0.6) is 0 Å². The number of hydrogen-bond acceptors (Lipinski definition) is 3. The van der Waals surface area contributed by atoms with Crippen molar-refractivity contribution < 1.29 is 13.6 Å². The highest BCUT2D eigenvalue weighted by molar-refractivity contribution is 5.81. The summed E-state index contributed by atoms with van der Waals surface area (Å²) in [5, 5.41) is 3.30. The van der Waals surface area contributed by atoms with E-state index < -0.39 is 0 Å². The smallest absolute Gasteiger partial charge is 0.240 e. The Morgan fingerprint density at radius 3 is 2.14 bits per heavy atom. The van der Waals surface area contributed by atoms with Gasteiger partial charge in [-0.3, -0.25) is 9.69 Å². The summed E-state index contributed by atoms with van der Waals surface area (Å²) in [6.45, 7) is 3.18. The van der Waals surface area contributed by atoms with Crippen LogP contribution in [0.25, 0.3) is 0 Å². The highest BCUT2D eigenvalue weighted by Gasteiger charge is 2.29. The molecule has 1 N–H and O–H groups in total. The Hall–Kier alpha value is -2.31. The van der Waals surface area contributed by atoms with Crippen LogP contribution < -0.4 is 5.32 Å². The first-order valence-corrected chi connectivity index (χ1v) is 10.1. The molecule has 0 aliphatic carbocycles. The van der Waals surface area contributed by atoms with Crippen LogP contribution in [0.15, 0.2) is 48.5 Å². The second kappa shape index (κ2) is 9.94. The molecule has 1 unspecified atom stereocenters. The van der Waals surface area contributed by atoms with E-state index in [1.54, 1.807) is 43.3 Å². The molecule has 2 aromatic carbocycles. The number of nitrogens with zero attached hydrogens (tertiary/aromatic N) is 2. The highest BCUT2D eigenvalue weighted by Crippen LogP contribution is 2.30. The minimum Gasteiger partial charge on any atom is -0.347 e. The summed E-state index contributed by atoms with van der Waals surface area (Å²) < 4.78 is 26.8. The molecule has 0 aromatic heterocycles. The van der Waals surface area contributed by atoms with Crippen molar-refractivity contribution >= 4 is 5.91 Å². The predicted octanol–water partition coefficient (Wildman–Crippen LogP) is 3.24. The first-order chi connectivity index (χ1) is 14.0. The van der Waals surface area contributed by atoms with Crippen molar-refractivity contribution in [3.8, 4) is 0 Å². The summed E-state index contributed by atoms with van der Waals surface area (Å²) in [5.41, 5.74) is 2.03. The number of nitrogens with one attached hydrogen (secondary N) is 1. The van der Waals surface area contributed by atoms with Gasteiger partial charge in [0.05, 0.1) is 0 Å². The number of halogens is 2. The fraction of sp³-hybridized carbons (Fsp3) is 0.435. The van der Waals surface area contributed by atoms with Gasteiger partial charge in [-0.1, -0.05) is 24.3 Å². The van der Waals surface area contributed by atoms with Crippen molar-refractivity contribution in [3.63, 3.8) is 0 Å². The SMILES string of the molecule is CN(C)C(=O)C1CNCCN1CCCC(c1ccc(F)cc1)c1ccc(F)cc1. The Morgan fingerprint density at radius 1 is 1.07 bits per heavy atom. The topological polar surface area (TPSA) is 35.6 Å². The lowest BCUT2D eigenvalue weighted by Crippen LogP contribution is -2.57. The second-order valence-electron chi connectivity index (χ2n) is 7.79. The molecule has 1 heterocycles. The van der Waals surface area contributed by atoms with Gasteiger partial charge in [0, 0.05) is 39.6 Å². The van der Waals surface area contributed by atoms with E-state index in [4.69, 9.17) is 0 Å². The van der Waals surface area contributed by atoms with Crippen LogP contribution >= 0.6 is 0 Å². The van der Waals surface area contributed by atoms with Gasteiger partial charge < -0.3 is 10.2 Å². The monoisotopic (exact) mass is 401 g/mol. The average molecular weight is 402 g/mol. The molecule has 0 bridgehead atoms. The molecule has 29 heavy (non-hydrogen) atoms. The van der Waals surface area contributed by atoms with E-state index >= 15 is 0 Å². The zero-order valence-electron chi connectivity index (χ0n) is 17.1. The first kappa shape index (κ1) is 21.4. The van der Waals surface area contributed by atoms with E-state index in [1.807, 2.05) is 0 Å². The number of carbonyl (C=O) groups is 1. The molecule has 1 aliphatic heterocycles. The Balaban J connectivity index is 1.70.